The zero-order valence-electron chi connectivity index (χ0n) is 18.0. The summed E-state index contributed by atoms with van der Waals surface area (Å²) in [5.41, 5.74) is 0.126. The lowest BCUT2D eigenvalue weighted by Gasteiger charge is -2.39. The van der Waals surface area contributed by atoms with Gasteiger partial charge in [0, 0.05) is 50.9 Å². The van der Waals surface area contributed by atoms with Crippen LogP contribution in [0, 0.1) is 5.92 Å². The number of nitrogens with zero attached hydrogens (tertiary/aromatic N) is 3. The van der Waals surface area contributed by atoms with Gasteiger partial charge in [-0.15, -0.1) is 0 Å². The number of rotatable bonds is 4. The summed E-state index contributed by atoms with van der Waals surface area (Å²) in [5.74, 6) is -0.250. The number of sulfonamides is 1. The van der Waals surface area contributed by atoms with E-state index in [-0.39, 0.29) is 29.8 Å². The average molecular weight is 482 g/mol. The van der Waals surface area contributed by atoms with Crippen molar-refractivity contribution < 1.29 is 26.4 Å². The summed E-state index contributed by atoms with van der Waals surface area (Å²) in [6, 6.07) is 13.8. The van der Waals surface area contributed by atoms with Crippen LogP contribution in [0.1, 0.15) is 18.4 Å². The van der Waals surface area contributed by atoms with Gasteiger partial charge in [-0.2, -0.15) is 17.5 Å². The Morgan fingerprint density at radius 3 is 2.09 bits per heavy atom. The van der Waals surface area contributed by atoms with Crippen molar-refractivity contribution in [1.82, 2.24) is 9.21 Å². The Hall–Kier alpha value is -2.59. The summed E-state index contributed by atoms with van der Waals surface area (Å²) in [6.45, 7) is 2.90. The molecule has 1 amide bonds. The second-order valence-electron chi connectivity index (χ2n) is 8.35. The molecule has 0 atom stereocenters. The molecule has 2 heterocycles. The molecule has 178 valence electrons. The Balaban J connectivity index is 1.34. The van der Waals surface area contributed by atoms with Crippen LogP contribution in [0.3, 0.4) is 0 Å². The second-order valence-corrected chi connectivity index (χ2v) is 10.3. The van der Waals surface area contributed by atoms with E-state index in [1.165, 1.54) is 10.4 Å². The third kappa shape index (κ3) is 5.16. The molecule has 10 heteroatoms. The predicted octanol–water partition coefficient (Wildman–Crippen LogP) is 3.45. The largest absolute Gasteiger partial charge is 0.416 e. The first-order chi connectivity index (χ1) is 15.7. The van der Waals surface area contributed by atoms with Gasteiger partial charge in [-0.05, 0) is 43.2 Å². The molecule has 2 aliphatic rings. The normalized spacial score (nSPS) is 19.0. The minimum Gasteiger partial charge on any atom is -0.368 e. The number of carbonyl (C=O) groups excluding carboxylic acids is 1. The predicted molar refractivity (Wildman–Crippen MR) is 118 cm³/mol. The number of piperidine rings is 1. The fourth-order valence-electron chi connectivity index (χ4n) is 4.41. The molecule has 0 aliphatic carbocycles. The van der Waals surface area contributed by atoms with E-state index in [1.54, 1.807) is 0 Å². The van der Waals surface area contributed by atoms with Crippen LogP contribution in [-0.4, -0.2) is 62.8 Å². The minimum absolute atomic E-state index is 0.0267. The van der Waals surface area contributed by atoms with Crippen molar-refractivity contribution in [2.75, 3.05) is 44.2 Å². The summed E-state index contributed by atoms with van der Waals surface area (Å²) in [7, 11) is -4.05. The van der Waals surface area contributed by atoms with Crippen molar-refractivity contribution in [3.8, 4) is 0 Å². The molecule has 2 aromatic rings. The van der Waals surface area contributed by atoms with Crippen molar-refractivity contribution in [3.63, 3.8) is 0 Å². The number of para-hydroxylation sites is 1. The van der Waals surface area contributed by atoms with Gasteiger partial charge in [0.15, 0.2) is 0 Å². The highest BCUT2D eigenvalue weighted by atomic mass is 32.2. The van der Waals surface area contributed by atoms with Gasteiger partial charge in [0.1, 0.15) is 0 Å². The van der Waals surface area contributed by atoms with Gasteiger partial charge in [0.05, 0.1) is 10.5 Å². The SMILES string of the molecule is O=C(C1CCN(S(=O)(=O)c2cccc(C(F)(F)F)c2)CC1)N1CCN(c2ccccc2)CC1. The molecule has 0 unspecified atom stereocenters. The van der Waals surface area contributed by atoms with Crippen molar-refractivity contribution in [2.24, 2.45) is 5.92 Å². The Morgan fingerprint density at radius 1 is 0.848 bits per heavy atom. The number of piperazine rings is 1. The summed E-state index contributed by atoms with van der Waals surface area (Å²) < 4.78 is 65.9. The van der Waals surface area contributed by atoms with E-state index in [2.05, 4.69) is 4.90 Å². The number of hydrogen-bond acceptors (Lipinski definition) is 4. The zero-order valence-corrected chi connectivity index (χ0v) is 18.9. The van der Waals surface area contributed by atoms with E-state index < -0.39 is 21.8 Å². The summed E-state index contributed by atoms with van der Waals surface area (Å²) in [4.78, 5) is 16.7. The quantitative estimate of drug-likeness (QED) is 0.671. The van der Waals surface area contributed by atoms with E-state index in [0.717, 1.165) is 30.9 Å². The highest BCUT2D eigenvalue weighted by Crippen LogP contribution is 2.32. The Morgan fingerprint density at radius 2 is 1.48 bits per heavy atom. The van der Waals surface area contributed by atoms with Crippen LogP contribution in [-0.2, 0) is 21.0 Å². The third-order valence-corrected chi connectivity index (χ3v) is 8.21. The van der Waals surface area contributed by atoms with E-state index in [1.807, 2.05) is 35.2 Å². The van der Waals surface area contributed by atoms with Crippen LogP contribution in [0.2, 0.25) is 0 Å². The first kappa shape index (κ1) is 23.6. The Kier molecular flexibility index (Phi) is 6.67. The van der Waals surface area contributed by atoms with Crippen molar-refractivity contribution >= 4 is 21.6 Å². The molecular weight excluding hydrogens is 455 g/mol. The Bertz CT molecular complexity index is 1080. The minimum atomic E-state index is -4.62. The monoisotopic (exact) mass is 481 g/mol. The molecular formula is C23H26F3N3O3S. The van der Waals surface area contributed by atoms with Gasteiger partial charge in [-0.3, -0.25) is 4.79 Å². The van der Waals surface area contributed by atoms with E-state index in [4.69, 9.17) is 0 Å². The first-order valence-corrected chi connectivity index (χ1v) is 12.4. The molecule has 2 fully saturated rings. The van der Waals surface area contributed by atoms with Gasteiger partial charge in [-0.25, -0.2) is 8.42 Å². The van der Waals surface area contributed by atoms with Gasteiger partial charge in [-0.1, -0.05) is 24.3 Å². The third-order valence-electron chi connectivity index (χ3n) is 6.31. The number of alkyl halides is 3. The van der Waals surface area contributed by atoms with Crippen LogP contribution in [0.5, 0.6) is 0 Å². The number of benzene rings is 2. The molecule has 0 saturated carbocycles. The fraction of sp³-hybridized carbons (Fsp3) is 0.435. The smallest absolute Gasteiger partial charge is 0.368 e. The molecule has 0 aromatic heterocycles. The summed E-state index contributed by atoms with van der Waals surface area (Å²) in [6.07, 6.45) is -3.90. The molecule has 0 bridgehead atoms. The molecule has 4 rings (SSSR count). The van der Waals surface area contributed by atoms with Crippen molar-refractivity contribution in [1.29, 1.82) is 0 Å². The number of hydrogen-bond donors (Lipinski definition) is 0. The maximum Gasteiger partial charge on any atom is 0.416 e. The standard InChI is InChI=1S/C23H26F3N3O3S/c24-23(25,26)19-5-4-8-21(17-19)33(31,32)29-11-9-18(10-12-29)22(30)28-15-13-27(14-16-28)20-6-2-1-3-7-20/h1-8,17-18H,9-16H2. The molecule has 2 aromatic carbocycles. The van der Waals surface area contributed by atoms with Crippen LogP contribution < -0.4 is 4.90 Å². The highest BCUT2D eigenvalue weighted by molar-refractivity contribution is 7.89. The van der Waals surface area contributed by atoms with Gasteiger partial charge in [0.2, 0.25) is 15.9 Å². The van der Waals surface area contributed by atoms with Crippen LogP contribution in [0.25, 0.3) is 0 Å². The van der Waals surface area contributed by atoms with Gasteiger partial charge < -0.3 is 9.80 Å². The molecule has 0 radical (unpaired) electrons. The van der Waals surface area contributed by atoms with Crippen molar-refractivity contribution in [3.05, 3.63) is 60.2 Å². The number of amides is 1. The molecule has 2 saturated heterocycles. The van der Waals surface area contributed by atoms with Crippen molar-refractivity contribution in [2.45, 2.75) is 23.9 Å². The number of halogens is 3. The van der Waals surface area contributed by atoms with Gasteiger partial charge in [0.25, 0.3) is 0 Å². The molecule has 33 heavy (non-hydrogen) atoms. The van der Waals surface area contributed by atoms with E-state index in [0.29, 0.717) is 32.0 Å². The lowest BCUT2D eigenvalue weighted by atomic mass is 9.96. The van der Waals surface area contributed by atoms with E-state index in [9.17, 15) is 26.4 Å². The lowest BCUT2D eigenvalue weighted by Crippen LogP contribution is -2.52. The van der Waals surface area contributed by atoms with Crippen LogP contribution in [0.4, 0.5) is 18.9 Å². The zero-order chi connectivity index (χ0) is 23.6. The maximum absolute atomic E-state index is 13.0. The number of anilines is 1. The summed E-state index contributed by atoms with van der Waals surface area (Å²) in [5, 5.41) is 0. The molecule has 2 aliphatic heterocycles. The van der Waals surface area contributed by atoms with Crippen LogP contribution >= 0.6 is 0 Å². The lowest BCUT2D eigenvalue weighted by molar-refractivity contribution is -0.138. The van der Waals surface area contributed by atoms with Crippen LogP contribution in [0.15, 0.2) is 59.5 Å². The first-order valence-electron chi connectivity index (χ1n) is 10.9. The maximum atomic E-state index is 13.0. The molecule has 0 spiro atoms. The topological polar surface area (TPSA) is 60.9 Å². The Labute approximate surface area is 191 Å². The second kappa shape index (κ2) is 9.34. The molecule has 6 nitrogen and oxygen atoms in total. The van der Waals surface area contributed by atoms with E-state index >= 15 is 0 Å². The van der Waals surface area contributed by atoms with Gasteiger partial charge >= 0.3 is 6.18 Å². The number of carbonyl (C=O) groups is 1. The average Bonchev–Trinajstić information content (AvgIpc) is 2.84. The molecule has 0 N–H and O–H groups in total. The summed E-state index contributed by atoms with van der Waals surface area (Å²) >= 11 is 0. The highest BCUT2D eigenvalue weighted by Gasteiger charge is 2.36. The fourth-order valence-corrected chi connectivity index (χ4v) is 5.92.